The molecule has 2 unspecified atom stereocenters. The lowest BCUT2D eigenvalue weighted by Crippen LogP contribution is -2.41. The Labute approximate surface area is 135 Å². The predicted molar refractivity (Wildman–Crippen MR) is 88.6 cm³/mol. The normalized spacial score (nSPS) is 21.8. The van der Waals surface area contributed by atoms with Crippen LogP contribution in [0.3, 0.4) is 0 Å². The number of aliphatic hydroxyl groups excluding tert-OH is 1. The van der Waals surface area contributed by atoms with Crippen molar-refractivity contribution >= 4 is 5.91 Å². The van der Waals surface area contributed by atoms with E-state index in [2.05, 4.69) is 15.6 Å². The summed E-state index contributed by atoms with van der Waals surface area (Å²) in [5, 5.41) is 15.5. The summed E-state index contributed by atoms with van der Waals surface area (Å²) in [6, 6.07) is 11.7. The highest BCUT2D eigenvalue weighted by Crippen LogP contribution is 2.21. The molecule has 23 heavy (non-hydrogen) atoms. The predicted octanol–water partition coefficient (Wildman–Crippen LogP) is 1.65. The fraction of sp³-hybridized carbons (Fsp3) is 0.333. The number of nitrogens with one attached hydrogen (secondary N) is 2. The van der Waals surface area contributed by atoms with E-state index in [0.29, 0.717) is 13.0 Å². The number of β-amino-alcohol motifs (C(OH)–C–C–N with tert-alkyl or cyclic N) is 1. The van der Waals surface area contributed by atoms with Crippen LogP contribution >= 0.6 is 0 Å². The number of hydrogen-bond donors (Lipinski definition) is 3. The largest absolute Gasteiger partial charge is 0.392 e. The minimum atomic E-state index is -0.430. The molecule has 1 fully saturated rings. The second-order valence-corrected chi connectivity index (χ2v) is 5.94. The van der Waals surface area contributed by atoms with Gasteiger partial charge in [-0.1, -0.05) is 24.3 Å². The summed E-state index contributed by atoms with van der Waals surface area (Å²) >= 11 is 0. The third kappa shape index (κ3) is 3.75. The lowest BCUT2D eigenvalue weighted by molar-refractivity contribution is -0.123. The van der Waals surface area contributed by atoms with Crippen molar-refractivity contribution in [2.45, 2.75) is 31.5 Å². The van der Waals surface area contributed by atoms with Gasteiger partial charge in [-0.2, -0.15) is 0 Å². The van der Waals surface area contributed by atoms with E-state index in [-0.39, 0.29) is 18.0 Å². The van der Waals surface area contributed by atoms with E-state index in [0.717, 1.165) is 16.7 Å². The lowest BCUT2D eigenvalue weighted by atomic mass is 10.0. The fourth-order valence-corrected chi connectivity index (χ4v) is 2.82. The van der Waals surface area contributed by atoms with Crippen LogP contribution in [0.25, 0.3) is 11.1 Å². The smallest absolute Gasteiger partial charge is 0.237 e. The molecule has 1 aliphatic heterocycles. The number of hydrogen-bond acceptors (Lipinski definition) is 4. The second-order valence-electron chi connectivity index (χ2n) is 5.94. The van der Waals surface area contributed by atoms with Gasteiger partial charge in [0.15, 0.2) is 0 Å². The van der Waals surface area contributed by atoms with Crippen LogP contribution in [0.2, 0.25) is 0 Å². The Morgan fingerprint density at radius 2 is 1.87 bits per heavy atom. The molecule has 1 saturated heterocycles. The number of nitrogens with zero attached hydrogens (tertiary/aromatic N) is 1. The van der Waals surface area contributed by atoms with Gasteiger partial charge in [0, 0.05) is 18.9 Å². The van der Waals surface area contributed by atoms with E-state index in [9.17, 15) is 9.90 Å². The van der Waals surface area contributed by atoms with E-state index in [1.54, 1.807) is 12.4 Å². The first-order chi connectivity index (χ1) is 11.1. The van der Waals surface area contributed by atoms with Gasteiger partial charge in [0.2, 0.25) is 5.91 Å². The quantitative estimate of drug-likeness (QED) is 0.802. The molecule has 0 spiro atoms. The molecule has 1 aromatic carbocycles. The van der Waals surface area contributed by atoms with Crippen LogP contribution < -0.4 is 10.6 Å². The third-order valence-corrected chi connectivity index (χ3v) is 4.21. The molecule has 120 valence electrons. The first kappa shape index (κ1) is 15.6. The van der Waals surface area contributed by atoms with Gasteiger partial charge in [0.25, 0.3) is 0 Å². The van der Waals surface area contributed by atoms with Crippen molar-refractivity contribution in [3.63, 3.8) is 0 Å². The molecule has 2 heterocycles. The lowest BCUT2D eigenvalue weighted by Gasteiger charge is -2.18. The van der Waals surface area contributed by atoms with Gasteiger partial charge in [0.05, 0.1) is 18.2 Å². The van der Waals surface area contributed by atoms with E-state index in [4.69, 9.17) is 0 Å². The van der Waals surface area contributed by atoms with Crippen LogP contribution in [-0.2, 0) is 4.79 Å². The first-order valence-electron chi connectivity index (χ1n) is 7.85. The summed E-state index contributed by atoms with van der Waals surface area (Å²) < 4.78 is 0. The molecule has 0 aliphatic carbocycles. The zero-order chi connectivity index (χ0) is 16.2. The summed E-state index contributed by atoms with van der Waals surface area (Å²) in [6.45, 7) is 2.44. The van der Waals surface area contributed by atoms with Crippen molar-refractivity contribution < 1.29 is 9.90 Å². The molecule has 1 amide bonds. The molecule has 3 N–H and O–H groups in total. The van der Waals surface area contributed by atoms with Crippen LogP contribution in [-0.4, -0.2) is 34.7 Å². The molecule has 5 heteroatoms. The van der Waals surface area contributed by atoms with Gasteiger partial charge in [-0.05, 0) is 42.2 Å². The maximum Gasteiger partial charge on any atom is 0.237 e. The molecule has 3 atom stereocenters. The molecule has 1 aromatic heterocycles. The summed E-state index contributed by atoms with van der Waals surface area (Å²) in [6.07, 6.45) is 3.59. The Kier molecular flexibility index (Phi) is 4.69. The molecule has 3 rings (SSSR count). The van der Waals surface area contributed by atoms with Gasteiger partial charge in [-0.15, -0.1) is 0 Å². The highest BCUT2D eigenvalue weighted by atomic mass is 16.3. The van der Waals surface area contributed by atoms with E-state index >= 15 is 0 Å². The number of carbonyl (C=O) groups is 1. The number of rotatable bonds is 4. The summed E-state index contributed by atoms with van der Waals surface area (Å²) in [4.78, 5) is 16.2. The molecular weight excluding hydrogens is 290 g/mol. The number of aromatic nitrogens is 1. The SMILES string of the molecule is C[C@H](NC(=O)C1CC(O)CN1)c1ccc(-c2ccncc2)cc1. The summed E-state index contributed by atoms with van der Waals surface area (Å²) in [5.74, 6) is -0.0627. The number of carbonyl (C=O) groups excluding carboxylic acids is 1. The van der Waals surface area contributed by atoms with Crippen molar-refractivity contribution in [3.05, 3.63) is 54.4 Å². The second kappa shape index (κ2) is 6.89. The molecule has 0 saturated carbocycles. The van der Waals surface area contributed by atoms with Gasteiger partial charge < -0.3 is 15.7 Å². The van der Waals surface area contributed by atoms with Crippen LogP contribution in [0, 0.1) is 0 Å². The minimum Gasteiger partial charge on any atom is -0.392 e. The highest BCUT2D eigenvalue weighted by Gasteiger charge is 2.28. The van der Waals surface area contributed by atoms with Crippen molar-refractivity contribution in [2.24, 2.45) is 0 Å². The number of aliphatic hydroxyl groups is 1. The molecule has 0 bridgehead atoms. The van der Waals surface area contributed by atoms with Crippen LogP contribution in [0.4, 0.5) is 0 Å². The monoisotopic (exact) mass is 311 g/mol. The highest BCUT2D eigenvalue weighted by molar-refractivity contribution is 5.82. The van der Waals surface area contributed by atoms with Gasteiger partial charge >= 0.3 is 0 Å². The Hall–Kier alpha value is -2.24. The Morgan fingerprint density at radius 1 is 1.22 bits per heavy atom. The van der Waals surface area contributed by atoms with Crippen LogP contribution in [0.1, 0.15) is 24.9 Å². The van der Waals surface area contributed by atoms with Crippen molar-refractivity contribution in [1.29, 1.82) is 0 Å². The average Bonchev–Trinajstić information content (AvgIpc) is 3.02. The Bertz CT molecular complexity index is 658. The zero-order valence-electron chi connectivity index (χ0n) is 13.1. The molecule has 5 nitrogen and oxygen atoms in total. The fourth-order valence-electron chi connectivity index (χ4n) is 2.82. The van der Waals surface area contributed by atoms with Crippen molar-refractivity contribution in [2.75, 3.05) is 6.54 Å². The van der Waals surface area contributed by atoms with E-state index < -0.39 is 6.10 Å². The molecule has 2 aromatic rings. The van der Waals surface area contributed by atoms with E-state index in [1.165, 1.54) is 0 Å². The van der Waals surface area contributed by atoms with Crippen LogP contribution in [0.15, 0.2) is 48.8 Å². The topological polar surface area (TPSA) is 74.2 Å². The third-order valence-electron chi connectivity index (χ3n) is 4.21. The molecule has 1 aliphatic rings. The van der Waals surface area contributed by atoms with Gasteiger partial charge in [-0.25, -0.2) is 0 Å². The van der Waals surface area contributed by atoms with Gasteiger partial charge in [0.1, 0.15) is 0 Å². The van der Waals surface area contributed by atoms with Crippen molar-refractivity contribution in [3.8, 4) is 11.1 Å². The van der Waals surface area contributed by atoms with Gasteiger partial charge in [-0.3, -0.25) is 9.78 Å². The number of benzene rings is 1. The average molecular weight is 311 g/mol. The first-order valence-corrected chi connectivity index (χ1v) is 7.85. The van der Waals surface area contributed by atoms with Crippen molar-refractivity contribution in [1.82, 2.24) is 15.6 Å². The number of pyridine rings is 1. The molecular formula is C18H21N3O2. The Morgan fingerprint density at radius 3 is 2.48 bits per heavy atom. The Balaban J connectivity index is 1.64. The maximum absolute atomic E-state index is 12.2. The number of amides is 1. The zero-order valence-corrected chi connectivity index (χ0v) is 13.1. The minimum absolute atomic E-state index is 0.0627. The summed E-state index contributed by atoms with van der Waals surface area (Å²) in [7, 11) is 0. The van der Waals surface area contributed by atoms with Crippen LogP contribution in [0.5, 0.6) is 0 Å². The standard InChI is InChI=1S/C18H21N3O2/c1-12(21-18(23)17-10-16(22)11-20-17)13-2-4-14(5-3-13)15-6-8-19-9-7-15/h2-9,12,16-17,20,22H,10-11H2,1H3,(H,21,23)/t12-,16?,17?/m0/s1. The summed E-state index contributed by atoms with van der Waals surface area (Å²) in [5.41, 5.74) is 3.29. The maximum atomic E-state index is 12.2. The molecule has 0 radical (unpaired) electrons. The van der Waals surface area contributed by atoms with E-state index in [1.807, 2.05) is 43.3 Å².